The van der Waals surface area contributed by atoms with Crippen LogP contribution in [0.3, 0.4) is 0 Å². The summed E-state index contributed by atoms with van der Waals surface area (Å²) < 4.78 is 2.35. The van der Waals surface area contributed by atoms with Crippen molar-refractivity contribution in [2.45, 2.75) is 4.90 Å². The molecule has 13 heavy (non-hydrogen) atoms. The lowest BCUT2D eigenvalue weighted by Crippen LogP contribution is -1.75. The third-order valence-electron chi connectivity index (χ3n) is 1.80. The first kappa shape index (κ1) is 9.84. The highest BCUT2D eigenvalue weighted by Gasteiger charge is 2.09. The van der Waals surface area contributed by atoms with Gasteiger partial charge < -0.3 is 0 Å². The SMILES string of the molecule is CSc1c(Br)cc(Cl)c2ccsc12. The van der Waals surface area contributed by atoms with Crippen LogP contribution in [0, 0.1) is 0 Å². The van der Waals surface area contributed by atoms with Crippen LogP contribution in [0.4, 0.5) is 0 Å². The predicted octanol–water partition coefficient (Wildman–Crippen LogP) is 5.04. The van der Waals surface area contributed by atoms with E-state index in [2.05, 4.69) is 33.6 Å². The molecule has 0 atom stereocenters. The lowest BCUT2D eigenvalue weighted by Gasteiger charge is -2.03. The van der Waals surface area contributed by atoms with Gasteiger partial charge in [0.25, 0.3) is 0 Å². The van der Waals surface area contributed by atoms with E-state index in [-0.39, 0.29) is 0 Å². The summed E-state index contributed by atoms with van der Waals surface area (Å²) >= 11 is 13.1. The third kappa shape index (κ3) is 1.63. The maximum atomic E-state index is 6.10. The molecule has 0 nitrogen and oxygen atoms in total. The van der Waals surface area contributed by atoms with Crippen molar-refractivity contribution in [2.75, 3.05) is 6.26 Å². The molecule has 0 aliphatic heterocycles. The Morgan fingerprint density at radius 3 is 3.00 bits per heavy atom. The topological polar surface area (TPSA) is 0 Å². The highest BCUT2D eigenvalue weighted by atomic mass is 79.9. The zero-order chi connectivity index (χ0) is 9.42. The Balaban J connectivity index is 2.88. The van der Waals surface area contributed by atoms with Gasteiger partial charge in [-0.25, -0.2) is 0 Å². The molecule has 0 spiro atoms. The number of thioether (sulfide) groups is 1. The number of hydrogen-bond donors (Lipinski definition) is 0. The van der Waals surface area contributed by atoms with Crippen LogP contribution >= 0.6 is 50.6 Å². The van der Waals surface area contributed by atoms with Crippen LogP contribution in [0.25, 0.3) is 10.1 Å². The molecule has 1 heterocycles. The second-order valence-corrected chi connectivity index (χ2v) is 5.53. The van der Waals surface area contributed by atoms with Crippen LogP contribution < -0.4 is 0 Å². The molecule has 0 fully saturated rings. The van der Waals surface area contributed by atoms with Gasteiger partial charge in [0.1, 0.15) is 0 Å². The van der Waals surface area contributed by atoms with Gasteiger partial charge in [0.05, 0.1) is 9.72 Å². The summed E-state index contributed by atoms with van der Waals surface area (Å²) in [4.78, 5) is 1.27. The van der Waals surface area contributed by atoms with Gasteiger partial charge in [-0.05, 0) is 39.7 Å². The first-order valence-corrected chi connectivity index (χ1v) is 6.90. The van der Waals surface area contributed by atoms with Gasteiger partial charge >= 0.3 is 0 Å². The fourth-order valence-electron chi connectivity index (χ4n) is 1.23. The van der Waals surface area contributed by atoms with Gasteiger partial charge in [-0.15, -0.1) is 23.1 Å². The third-order valence-corrected chi connectivity index (χ3v) is 4.90. The summed E-state index contributed by atoms with van der Waals surface area (Å²) in [6, 6.07) is 4.02. The van der Waals surface area contributed by atoms with E-state index in [1.54, 1.807) is 23.1 Å². The van der Waals surface area contributed by atoms with Gasteiger partial charge in [-0.3, -0.25) is 0 Å². The average molecular weight is 294 g/mol. The molecule has 2 rings (SSSR count). The van der Waals surface area contributed by atoms with Crippen molar-refractivity contribution in [1.82, 2.24) is 0 Å². The first-order chi connectivity index (χ1) is 6.24. The van der Waals surface area contributed by atoms with Crippen molar-refractivity contribution in [3.63, 3.8) is 0 Å². The van der Waals surface area contributed by atoms with E-state index < -0.39 is 0 Å². The number of fused-ring (bicyclic) bond motifs is 1. The smallest absolute Gasteiger partial charge is 0.0504 e. The second-order valence-electron chi connectivity index (χ2n) is 2.54. The minimum atomic E-state index is 0.820. The van der Waals surface area contributed by atoms with E-state index in [0.29, 0.717) is 0 Å². The van der Waals surface area contributed by atoms with Gasteiger partial charge in [0, 0.05) is 14.8 Å². The number of thiophene rings is 1. The highest BCUT2D eigenvalue weighted by molar-refractivity contribution is 9.10. The normalized spacial score (nSPS) is 11.0. The Labute approximate surface area is 98.4 Å². The fourth-order valence-corrected chi connectivity index (χ4v) is 4.53. The molecule has 2 aromatic rings. The molecule has 0 amide bonds. The maximum Gasteiger partial charge on any atom is 0.0504 e. The van der Waals surface area contributed by atoms with Crippen LogP contribution in [0.1, 0.15) is 0 Å². The Kier molecular flexibility index (Phi) is 2.88. The highest BCUT2D eigenvalue weighted by Crippen LogP contribution is 2.40. The van der Waals surface area contributed by atoms with Crippen molar-refractivity contribution < 1.29 is 0 Å². The molecule has 0 N–H and O–H groups in total. The monoisotopic (exact) mass is 292 g/mol. The van der Waals surface area contributed by atoms with E-state index in [1.165, 1.54) is 9.60 Å². The summed E-state index contributed by atoms with van der Waals surface area (Å²) in [5.74, 6) is 0. The van der Waals surface area contributed by atoms with Crippen LogP contribution in [0.15, 0.2) is 26.9 Å². The van der Waals surface area contributed by atoms with E-state index >= 15 is 0 Å². The van der Waals surface area contributed by atoms with E-state index in [9.17, 15) is 0 Å². The fraction of sp³-hybridized carbons (Fsp3) is 0.111. The lowest BCUT2D eigenvalue weighted by atomic mass is 10.3. The maximum absolute atomic E-state index is 6.10. The van der Waals surface area contributed by atoms with Crippen LogP contribution in [-0.2, 0) is 0 Å². The zero-order valence-corrected chi connectivity index (χ0v) is 10.8. The van der Waals surface area contributed by atoms with Crippen LogP contribution in [0.5, 0.6) is 0 Å². The van der Waals surface area contributed by atoms with Crippen molar-refractivity contribution >= 4 is 60.7 Å². The molecule has 0 aliphatic carbocycles. The van der Waals surface area contributed by atoms with Gasteiger partial charge in [0.2, 0.25) is 0 Å². The molecule has 0 bridgehead atoms. The van der Waals surface area contributed by atoms with Gasteiger partial charge in [0.15, 0.2) is 0 Å². The van der Waals surface area contributed by atoms with Crippen LogP contribution in [0.2, 0.25) is 5.02 Å². The minimum Gasteiger partial charge on any atom is -0.143 e. The molecule has 0 saturated heterocycles. The minimum absolute atomic E-state index is 0.820. The summed E-state index contributed by atoms with van der Waals surface area (Å²) in [6.07, 6.45) is 2.08. The molecule has 0 unspecified atom stereocenters. The Bertz CT molecular complexity index is 450. The van der Waals surface area contributed by atoms with Crippen molar-refractivity contribution in [3.05, 3.63) is 27.0 Å². The van der Waals surface area contributed by atoms with Crippen molar-refractivity contribution in [3.8, 4) is 0 Å². The molecule has 68 valence electrons. The van der Waals surface area contributed by atoms with E-state index in [4.69, 9.17) is 11.6 Å². The molecule has 0 aliphatic rings. The molecule has 4 heteroatoms. The second kappa shape index (κ2) is 3.81. The quantitative estimate of drug-likeness (QED) is 0.664. The molecular weight excluding hydrogens is 288 g/mol. The Morgan fingerprint density at radius 1 is 1.54 bits per heavy atom. The number of rotatable bonds is 1. The molecule has 0 saturated carbocycles. The molecular formula is C9H6BrClS2. The molecule has 1 aromatic heterocycles. The van der Waals surface area contributed by atoms with Crippen molar-refractivity contribution in [2.24, 2.45) is 0 Å². The Morgan fingerprint density at radius 2 is 2.31 bits per heavy atom. The van der Waals surface area contributed by atoms with Gasteiger partial charge in [-0.2, -0.15) is 0 Å². The number of benzene rings is 1. The lowest BCUT2D eigenvalue weighted by molar-refractivity contribution is 1.52. The molecule has 1 aromatic carbocycles. The van der Waals surface area contributed by atoms with E-state index in [0.717, 1.165) is 14.9 Å². The molecule has 0 radical (unpaired) electrons. The standard InChI is InChI=1S/C9H6BrClS2/c1-12-9-6(10)4-7(11)5-2-3-13-8(5)9/h2-4H,1H3. The zero-order valence-electron chi connectivity index (χ0n) is 6.80. The van der Waals surface area contributed by atoms with E-state index in [1.807, 2.05) is 6.07 Å². The van der Waals surface area contributed by atoms with Gasteiger partial charge in [-0.1, -0.05) is 11.6 Å². The summed E-state index contributed by atoms with van der Waals surface area (Å²) in [5, 5.41) is 4.04. The summed E-state index contributed by atoms with van der Waals surface area (Å²) in [7, 11) is 0. The largest absolute Gasteiger partial charge is 0.143 e. The number of hydrogen-bond acceptors (Lipinski definition) is 2. The first-order valence-electron chi connectivity index (χ1n) is 3.63. The van der Waals surface area contributed by atoms with Crippen LogP contribution in [-0.4, -0.2) is 6.26 Å². The summed E-state index contributed by atoms with van der Waals surface area (Å²) in [6.45, 7) is 0. The Hall–Kier alpha value is 0.300. The average Bonchev–Trinajstić information content (AvgIpc) is 2.53. The van der Waals surface area contributed by atoms with Crippen molar-refractivity contribution in [1.29, 1.82) is 0 Å². The predicted molar refractivity (Wildman–Crippen MR) is 66.3 cm³/mol. The summed E-state index contributed by atoms with van der Waals surface area (Å²) in [5.41, 5.74) is 0. The number of halogens is 2.